The fourth-order valence-electron chi connectivity index (χ4n) is 1.98. The van der Waals surface area contributed by atoms with Crippen molar-refractivity contribution < 1.29 is 0 Å². The molecule has 1 fully saturated rings. The second-order valence-electron chi connectivity index (χ2n) is 3.53. The van der Waals surface area contributed by atoms with Crippen molar-refractivity contribution in [2.45, 2.75) is 31.7 Å². The maximum atomic E-state index is 5.86. The molecule has 0 aromatic carbocycles. The van der Waals surface area contributed by atoms with E-state index in [0.29, 0.717) is 6.04 Å². The maximum absolute atomic E-state index is 5.86. The Kier molecular flexibility index (Phi) is 1.53. The normalized spacial score (nSPS) is 48.7. The summed E-state index contributed by atoms with van der Waals surface area (Å²) in [5.74, 6) is 1.59. The molecule has 0 aromatic rings. The van der Waals surface area contributed by atoms with Gasteiger partial charge in [0, 0.05) is 6.04 Å². The van der Waals surface area contributed by atoms with Crippen LogP contribution in [0.2, 0.25) is 0 Å². The first-order valence-corrected chi connectivity index (χ1v) is 4.32. The van der Waals surface area contributed by atoms with Crippen LogP contribution in [-0.4, -0.2) is 6.04 Å². The highest BCUT2D eigenvalue weighted by Gasteiger charge is 2.44. The lowest BCUT2D eigenvalue weighted by Gasteiger charge is -1.99. The second kappa shape index (κ2) is 2.39. The van der Waals surface area contributed by atoms with Gasteiger partial charge in [-0.05, 0) is 31.1 Å². The first-order chi connectivity index (χ1) is 4.89. The maximum Gasteiger partial charge on any atom is 0.0140 e. The Balaban J connectivity index is 1.99. The monoisotopic (exact) mass is 137 g/mol. The number of hydrogen-bond acceptors (Lipinski definition) is 1. The molecule has 2 aliphatic rings. The van der Waals surface area contributed by atoms with Crippen LogP contribution in [0.3, 0.4) is 0 Å². The van der Waals surface area contributed by atoms with Crippen molar-refractivity contribution in [3.8, 4) is 0 Å². The lowest BCUT2D eigenvalue weighted by atomic mass is 10.1. The molecule has 2 aliphatic carbocycles. The summed E-state index contributed by atoms with van der Waals surface area (Å²) in [6.45, 7) is 0. The topological polar surface area (TPSA) is 26.0 Å². The van der Waals surface area contributed by atoms with Crippen molar-refractivity contribution in [3.05, 3.63) is 12.2 Å². The van der Waals surface area contributed by atoms with E-state index in [1.165, 1.54) is 25.7 Å². The summed E-state index contributed by atoms with van der Waals surface area (Å²) in [5, 5.41) is 0. The van der Waals surface area contributed by atoms with Crippen LogP contribution >= 0.6 is 0 Å². The van der Waals surface area contributed by atoms with E-state index in [0.717, 1.165) is 11.8 Å². The first kappa shape index (κ1) is 6.41. The van der Waals surface area contributed by atoms with Gasteiger partial charge in [-0.2, -0.15) is 0 Å². The molecule has 1 saturated carbocycles. The third-order valence-corrected chi connectivity index (χ3v) is 2.81. The molecular formula is C9H15N. The van der Waals surface area contributed by atoms with E-state index >= 15 is 0 Å². The predicted octanol–water partition coefficient (Wildman–Crippen LogP) is 1.69. The molecular weight excluding hydrogens is 122 g/mol. The molecule has 10 heavy (non-hydrogen) atoms. The Bertz CT molecular complexity index is 151. The minimum atomic E-state index is 0.509. The summed E-state index contributed by atoms with van der Waals surface area (Å²) in [7, 11) is 0. The first-order valence-electron chi connectivity index (χ1n) is 4.32. The van der Waals surface area contributed by atoms with Gasteiger partial charge in [0.1, 0.15) is 0 Å². The predicted molar refractivity (Wildman–Crippen MR) is 42.6 cm³/mol. The van der Waals surface area contributed by atoms with E-state index in [1.807, 2.05) is 0 Å². The second-order valence-corrected chi connectivity index (χ2v) is 3.53. The van der Waals surface area contributed by atoms with Gasteiger partial charge in [0.2, 0.25) is 0 Å². The summed E-state index contributed by atoms with van der Waals surface area (Å²) in [4.78, 5) is 0. The van der Waals surface area contributed by atoms with E-state index in [-0.39, 0.29) is 0 Å². The highest BCUT2D eigenvalue weighted by atomic mass is 14.8. The number of fused-ring (bicyclic) bond motifs is 1. The van der Waals surface area contributed by atoms with E-state index in [4.69, 9.17) is 5.73 Å². The van der Waals surface area contributed by atoms with Gasteiger partial charge in [-0.25, -0.2) is 0 Å². The summed E-state index contributed by atoms with van der Waals surface area (Å²) in [6.07, 6.45) is 10.0. The molecule has 2 N–H and O–H groups in total. The van der Waals surface area contributed by atoms with Crippen LogP contribution in [0.25, 0.3) is 0 Å². The molecule has 0 heterocycles. The van der Waals surface area contributed by atoms with Crippen molar-refractivity contribution in [1.82, 2.24) is 0 Å². The Morgan fingerprint density at radius 2 is 2.20 bits per heavy atom. The number of hydrogen-bond donors (Lipinski definition) is 1. The zero-order chi connectivity index (χ0) is 6.97. The van der Waals surface area contributed by atoms with E-state index in [9.17, 15) is 0 Å². The van der Waals surface area contributed by atoms with Crippen LogP contribution in [0.5, 0.6) is 0 Å². The Labute approximate surface area is 62.3 Å². The Morgan fingerprint density at radius 1 is 1.30 bits per heavy atom. The minimum Gasteiger partial charge on any atom is -0.327 e. The molecule has 0 spiro atoms. The van der Waals surface area contributed by atoms with E-state index in [2.05, 4.69) is 12.2 Å². The molecule has 56 valence electrons. The average Bonchev–Trinajstić information content (AvgIpc) is 2.39. The van der Waals surface area contributed by atoms with Crippen molar-refractivity contribution >= 4 is 0 Å². The van der Waals surface area contributed by atoms with Crippen LogP contribution < -0.4 is 5.73 Å². The molecule has 3 atom stereocenters. The van der Waals surface area contributed by atoms with Gasteiger partial charge in [0.05, 0.1) is 0 Å². The van der Waals surface area contributed by atoms with Crippen LogP contribution in [0.1, 0.15) is 25.7 Å². The molecule has 1 nitrogen and oxygen atoms in total. The van der Waals surface area contributed by atoms with Gasteiger partial charge in [-0.3, -0.25) is 0 Å². The summed E-state index contributed by atoms with van der Waals surface area (Å²) < 4.78 is 0. The summed E-state index contributed by atoms with van der Waals surface area (Å²) in [6, 6.07) is 0.509. The zero-order valence-electron chi connectivity index (χ0n) is 6.29. The number of rotatable bonds is 0. The smallest absolute Gasteiger partial charge is 0.0140 e. The highest BCUT2D eigenvalue weighted by molar-refractivity contribution is 5.12. The molecule has 3 unspecified atom stereocenters. The molecule has 0 saturated heterocycles. The molecule has 0 bridgehead atoms. The van der Waals surface area contributed by atoms with Crippen LogP contribution in [0.15, 0.2) is 12.2 Å². The largest absolute Gasteiger partial charge is 0.327 e. The molecule has 0 radical (unpaired) electrons. The van der Waals surface area contributed by atoms with Crippen LogP contribution in [0.4, 0.5) is 0 Å². The number of nitrogens with two attached hydrogens (primary N) is 1. The molecule has 0 aliphatic heterocycles. The highest BCUT2D eigenvalue weighted by Crippen LogP contribution is 2.43. The third-order valence-electron chi connectivity index (χ3n) is 2.81. The lowest BCUT2D eigenvalue weighted by molar-refractivity contribution is 0.599. The fraction of sp³-hybridized carbons (Fsp3) is 0.778. The Morgan fingerprint density at radius 3 is 3.10 bits per heavy atom. The molecule has 1 heteroatoms. The average molecular weight is 137 g/mol. The summed E-state index contributed by atoms with van der Waals surface area (Å²) in [5.41, 5.74) is 5.86. The zero-order valence-corrected chi connectivity index (χ0v) is 6.29. The molecule has 0 aromatic heterocycles. The minimum absolute atomic E-state index is 0.509. The van der Waals surface area contributed by atoms with Gasteiger partial charge in [-0.1, -0.05) is 18.6 Å². The van der Waals surface area contributed by atoms with E-state index < -0.39 is 0 Å². The van der Waals surface area contributed by atoms with Crippen molar-refractivity contribution in [3.63, 3.8) is 0 Å². The van der Waals surface area contributed by atoms with Gasteiger partial charge in [0.15, 0.2) is 0 Å². The van der Waals surface area contributed by atoms with E-state index in [1.54, 1.807) is 0 Å². The standard InChI is InChI=1S/C9H15N/c10-9-7-5-3-1-2-4-6-8(7)9/h3,5,7-9H,1-2,4,6,10H2/b5-3-. The van der Waals surface area contributed by atoms with Crippen molar-refractivity contribution in [2.24, 2.45) is 17.6 Å². The molecule has 2 rings (SSSR count). The quantitative estimate of drug-likeness (QED) is 0.505. The third kappa shape index (κ3) is 0.988. The molecule has 0 amide bonds. The van der Waals surface area contributed by atoms with Crippen LogP contribution in [-0.2, 0) is 0 Å². The SMILES string of the molecule is NC1C2/C=C\CCCCC12. The van der Waals surface area contributed by atoms with Crippen LogP contribution in [0, 0.1) is 11.8 Å². The van der Waals surface area contributed by atoms with Gasteiger partial charge < -0.3 is 5.73 Å². The number of allylic oxidation sites excluding steroid dienone is 1. The fourth-order valence-corrected chi connectivity index (χ4v) is 1.98. The Hall–Kier alpha value is -0.300. The van der Waals surface area contributed by atoms with Crippen molar-refractivity contribution in [1.29, 1.82) is 0 Å². The lowest BCUT2D eigenvalue weighted by Crippen LogP contribution is -2.02. The van der Waals surface area contributed by atoms with Crippen molar-refractivity contribution in [2.75, 3.05) is 0 Å². The van der Waals surface area contributed by atoms with Gasteiger partial charge in [-0.15, -0.1) is 0 Å². The van der Waals surface area contributed by atoms with Gasteiger partial charge in [0.25, 0.3) is 0 Å². The van der Waals surface area contributed by atoms with Gasteiger partial charge >= 0.3 is 0 Å². The summed E-state index contributed by atoms with van der Waals surface area (Å²) >= 11 is 0.